The SMILES string of the molecule is Cc1cccc(-c2cncc(C(=O)N(CC(C)C(=O)O)C3CC3)c2)c1. The number of carbonyl (C=O) groups is 2. The Morgan fingerprint density at radius 2 is 2.00 bits per heavy atom. The van der Waals surface area contributed by atoms with E-state index in [1.165, 1.54) is 0 Å². The van der Waals surface area contributed by atoms with Gasteiger partial charge < -0.3 is 10.0 Å². The standard InChI is InChI=1S/C20H22N2O3/c1-13-4-3-5-15(8-13)16-9-17(11-21-10-16)19(23)22(18-6-7-18)12-14(2)20(24)25/h3-5,8-11,14,18H,6-7,12H2,1-2H3,(H,24,25). The van der Waals surface area contributed by atoms with Gasteiger partial charge in [0.05, 0.1) is 11.5 Å². The van der Waals surface area contributed by atoms with E-state index in [0.717, 1.165) is 29.5 Å². The predicted octanol–water partition coefficient (Wildman–Crippen LogP) is 3.38. The quantitative estimate of drug-likeness (QED) is 0.876. The summed E-state index contributed by atoms with van der Waals surface area (Å²) in [5.74, 6) is -1.61. The first-order valence-electron chi connectivity index (χ1n) is 8.51. The molecule has 1 aliphatic rings. The fourth-order valence-corrected chi connectivity index (χ4v) is 2.86. The van der Waals surface area contributed by atoms with Crippen LogP contribution in [0.1, 0.15) is 35.7 Å². The zero-order chi connectivity index (χ0) is 18.0. The molecule has 1 heterocycles. The van der Waals surface area contributed by atoms with Gasteiger partial charge >= 0.3 is 5.97 Å². The van der Waals surface area contributed by atoms with E-state index in [-0.39, 0.29) is 18.5 Å². The average molecular weight is 338 g/mol. The van der Waals surface area contributed by atoms with Gasteiger partial charge in [-0.3, -0.25) is 14.6 Å². The maximum Gasteiger partial charge on any atom is 0.308 e. The van der Waals surface area contributed by atoms with Gasteiger partial charge in [0.15, 0.2) is 0 Å². The molecular formula is C20H22N2O3. The molecule has 0 radical (unpaired) electrons. The Morgan fingerprint density at radius 3 is 2.64 bits per heavy atom. The van der Waals surface area contributed by atoms with Crippen molar-refractivity contribution in [1.82, 2.24) is 9.88 Å². The topological polar surface area (TPSA) is 70.5 Å². The lowest BCUT2D eigenvalue weighted by molar-refractivity contribution is -0.141. The number of carboxylic acids is 1. The zero-order valence-electron chi connectivity index (χ0n) is 14.5. The average Bonchev–Trinajstić information content (AvgIpc) is 3.44. The molecule has 1 aliphatic carbocycles. The third kappa shape index (κ3) is 4.05. The van der Waals surface area contributed by atoms with Crippen LogP contribution >= 0.6 is 0 Å². The van der Waals surface area contributed by atoms with Gasteiger partial charge in [-0.25, -0.2) is 0 Å². The minimum absolute atomic E-state index is 0.141. The second-order valence-electron chi connectivity index (χ2n) is 6.76. The first-order chi connectivity index (χ1) is 12.0. The van der Waals surface area contributed by atoms with Crippen LogP contribution in [0.4, 0.5) is 0 Å². The Labute approximate surface area is 147 Å². The van der Waals surface area contributed by atoms with Crippen LogP contribution < -0.4 is 0 Å². The van der Waals surface area contributed by atoms with Crippen molar-refractivity contribution < 1.29 is 14.7 Å². The molecule has 1 amide bonds. The molecule has 0 saturated heterocycles. The lowest BCUT2D eigenvalue weighted by Crippen LogP contribution is -2.38. The molecule has 25 heavy (non-hydrogen) atoms. The highest BCUT2D eigenvalue weighted by atomic mass is 16.4. The van der Waals surface area contributed by atoms with E-state index in [2.05, 4.69) is 11.1 Å². The summed E-state index contributed by atoms with van der Waals surface area (Å²) in [5, 5.41) is 9.15. The lowest BCUT2D eigenvalue weighted by Gasteiger charge is -2.24. The summed E-state index contributed by atoms with van der Waals surface area (Å²) in [6.07, 6.45) is 5.17. The molecule has 5 nitrogen and oxygen atoms in total. The number of hydrogen-bond acceptors (Lipinski definition) is 3. The fraction of sp³-hybridized carbons (Fsp3) is 0.350. The van der Waals surface area contributed by atoms with Crippen molar-refractivity contribution in [2.45, 2.75) is 32.7 Å². The van der Waals surface area contributed by atoms with Crippen LogP contribution in [0.3, 0.4) is 0 Å². The van der Waals surface area contributed by atoms with E-state index in [1.54, 1.807) is 24.2 Å². The number of aromatic nitrogens is 1. The minimum Gasteiger partial charge on any atom is -0.481 e. The molecule has 0 bridgehead atoms. The number of aliphatic carboxylic acids is 1. The molecule has 0 aliphatic heterocycles. The highest BCUT2D eigenvalue weighted by molar-refractivity contribution is 5.95. The van der Waals surface area contributed by atoms with Crippen molar-refractivity contribution in [1.29, 1.82) is 0 Å². The summed E-state index contributed by atoms with van der Waals surface area (Å²) in [7, 11) is 0. The molecule has 1 saturated carbocycles. The number of aryl methyl sites for hydroxylation is 1. The van der Waals surface area contributed by atoms with Gasteiger partial charge in [0.1, 0.15) is 0 Å². The third-order valence-corrected chi connectivity index (χ3v) is 4.48. The molecule has 2 aromatic rings. The number of carbonyl (C=O) groups excluding carboxylic acids is 1. The van der Waals surface area contributed by atoms with E-state index in [4.69, 9.17) is 5.11 Å². The summed E-state index contributed by atoms with van der Waals surface area (Å²) < 4.78 is 0. The molecular weight excluding hydrogens is 316 g/mol. The van der Waals surface area contributed by atoms with Crippen LogP contribution in [0.25, 0.3) is 11.1 Å². The van der Waals surface area contributed by atoms with Gasteiger partial charge in [-0.2, -0.15) is 0 Å². The minimum atomic E-state index is -0.884. The van der Waals surface area contributed by atoms with Crippen LogP contribution in [-0.4, -0.2) is 39.5 Å². The number of pyridine rings is 1. The number of carboxylic acid groups (broad SMARTS) is 1. The van der Waals surface area contributed by atoms with Crippen molar-refractivity contribution >= 4 is 11.9 Å². The van der Waals surface area contributed by atoms with Gasteiger partial charge in [0.25, 0.3) is 5.91 Å². The van der Waals surface area contributed by atoms with Crippen LogP contribution in [-0.2, 0) is 4.79 Å². The molecule has 1 fully saturated rings. The lowest BCUT2D eigenvalue weighted by atomic mass is 10.0. The number of nitrogens with zero attached hydrogens (tertiary/aromatic N) is 2. The van der Waals surface area contributed by atoms with Crippen molar-refractivity contribution in [3.63, 3.8) is 0 Å². The fourth-order valence-electron chi connectivity index (χ4n) is 2.86. The monoisotopic (exact) mass is 338 g/mol. The molecule has 130 valence electrons. The first-order valence-corrected chi connectivity index (χ1v) is 8.51. The van der Waals surface area contributed by atoms with Crippen LogP contribution in [0.2, 0.25) is 0 Å². The molecule has 1 aromatic carbocycles. The molecule has 1 atom stereocenters. The Morgan fingerprint density at radius 1 is 1.24 bits per heavy atom. The third-order valence-electron chi connectivity index (χ3n) is 4.48. The second kappa shape index (κ2) is 7.05. The number of hydrogen-bond donors (Lipinski definition) is 1. The van der Waals surface area contributed by atoms with Gasteiger partial charge in [-0.15, -0.1) is 0 Å². The maximum atomic E-state index is 12.9. The Kier molecular flexibility index (Phi) is 4.83. The van der Waals surface area contributed by atoms with E-state index < -0.39 is 11.9 Å². The highest BCUT2D eigenvalue weighted by Gasteiger charge is 2.35. The summed E-state index contributed by atoms with van der Waals surface area (Å²) >= 11 is 0. The highest BCUT2D eigenvalue weighted by Crippen LogP contribution is 2.30. The summed E-state index contributed by atoms with van der Waals surface area (Å²) in [6, 6.07) is 10.0. The summed E-state index contributed by atoms with van der Waals surface area (Å²) in [4.78, 5) is 30.0. The van der Waals surface area contributed by atoms with Crippen molar-refractivity contribution in [3.05, 3.63) is 53.9 Å². The largest absolute Gasteiger partial charge is 0.481 e. The van der Waals surface area contributed by atoms with Crippen LogP contribution in [0.5, 0.6) is 0 Å². The first kappa shape index (κ1) is 17.1. The second-order valence-corrected chi connectivity index (χ2v) is 6.76. The molecule has 3 rings (SSSR count). The van der Waals surface area contributed by atoms with Gasteiger partial charge in [-0.1, -0.05) is 36.8 Å². The van der Waals surface area contributed by atoms with Crippen molar-refractivity contribution in [2.24, 2.45) is 5.92 Å². The molecule has 0 spiro atoms. The van der Waals surface area contributed by atoms with Gasteiger partial charge in [0.2, 0.25) is 0 Å². The number of amides is 1. The van der Waals surface area contributed by atoms with Gasteiger partial charge in [-0.05, 0) is 31.4 Å². The smallest absolute Gasteiger partial charge is 0.308 e. The van der Waals surface area contributed by atoms with Crippen LogP contribution in [0, 0.1) is 12.8 Å². The van der Waals surface area contributed by atoms with E-state index >= 15 is 0 Å². The molecule has 1 aromatic heterocycles. The summed E-state index contributed by atoms with van der Waals surface area (Å²) in [5.41, 5.74) is 3.54. The predicted molar refractivity (Wildman–Crippen MR) is 95.3 cm³/mol. The summed E-state index contributed by atoms with van der Waals surface area (Å²) in [6.45, 7) is 3.88. The molecule has 5 heteroatoms. The number of rotatable bonds is 6. The van der Waals surface area contributed by atoms with Crippen molar-refractivity contribution in [3.8, 4) is 11.1 Å². The zero-order valence-corrected chi connectivity index (χ0v) is 14.5. The Bertz CT molecular complexity index is 799. The van der Waals surface area contributed by atoms with Crippen LogP contribution in [0.15, 0.2) is 42.7 Å². The van der Waals surface area contributed by atoms with E-state index in [1.807, 2.05) is 31.2 Å². The maximum absolute atomic E-state index is 12.9. The molecule has 1 unspecified atom stereocenters. The van der Waals surface area contributed by atoms with Crippen molar-refractivity contribution in [2.75, 3.05) is 6.54 Å². The normalized spacial score (nSPS) is 14.8. The Balaban J connectivity index is 1.86. The van der Waals surface area contributed by atoms with Gasteiger partial charge in [0, 0.05) is 30.5 Å². The number of benzene rings is 1. The molecule has 1 N–H and O–H groups in total. The van der Waals surface area contributed by atoms with E-state index in [9.17, 15) is 9.59 Å². The van der Waals surface area contributed by atoms with E-state index in [0.29, 0.717) is 5.56 Å². The Hall–Kier alpha value is -2.69.